The molecule has 0 bridgehead atoms. The third kappa shape index (κ3) is 12.7. The fourth-order valence-corrected chi connectivity index (χ4v) is 8.31. The van der Waals surface area contributed by atoms with Crippen LogP contribution < -0.4 is 38.5 Å². The molecule has 2 aliphatic rings. The van der Waals surface area contributed by atoms with Crippen molar-refractivity contribution in [3.8, 4) is 0 Å². The summed E-state index contributed by atoms with van der Waals surface area (Å²) in [5, 5.41) is 21.4. The van der Waals surface area contributed by atoms with Crippen LogP contribution in [-0.4, -0.2) is 140 Å². The van der Waals surface area contributed by atoms with Crippen molar-refractivity contribution < 1.29 is 38.7 Å². The Balaban J connectivity index is 1.22. The van der Waals surface area contributed by atoms with Gasteiger partial charge in [-0.3, -0.25) is 33.8 Å². The van der Waals surface area contributed by atoms with E-state index < -0.39 is 84.2 Å². The number of carbonyl (C=O) groups is 7. The predicted molar refractivity (Wildman–Crippen MR) is 238 cm³/mol. The normalized spacial score (nSPS) is 17.7. The van der Waals surface area contributed by atoms with Crippen molar-refractivity contribution in [2.24, 2.45) is 22.2 Å². The zero-order valence-electron chi connectivity index (χ0n) is 35.9. The van der Waals surface area contributed by atoms with Gasteiger partial charge in [-0.05, 0) is 55.7 Å². The topological polar surface area (TPSA) is 329 Å². The smallest absolute Gasteiger partial charge is 0.326 e. The molecule has 4 aromatic rings. The van der Waals surface area contributed by atoms with Gasteiger partial charge in [0.25, 0.3) is 0 Å². The van der Waals surface area contributed by atoms with Crippen molar-refractivity contribution in [1.82, 2.24) is 46.0 Å². The molecule has 2 aromatic heterocycles. The summed E-state index contributed by atoms with van der Waals surface area (Å²) >= 11 is 0. The van der Waals surface area contributed by atoms with Crippen molar-refractivity contribution >= 4 is 58.3 Å². The third-order valence-electron chi connectivity index (χ3n) is 11.6. The van der Waals surface area contributed by atoms with Gasteiger partial charge in [0.2, 0.25) is 35.4 Å². The average Bonchev–Trinajstić information content (AvgIpc) is 4.14. The summed E-state index contributed by atoms with van der Waals surface area (Å²) in [6, 6.07) is 9.76. The van der Waals surface area contributed by atoms with Crippen molar-refractivity contribution in [2.45, 2.75) is 94.0 Å². The van der Waals surface area contributed by atoms with E-state index in [0.29, 0.717) is 30.5 Å². The molecule has 0 saturated carbocycles. The van der Waals surface area contributed by atoms with E-state index in [9.17, 15) is 38.7 Å². The van der Waals surface area contributed by atoms with E-state index in [-0.39, 0.29) is 64.1 Å². The van der Waals surface area contributed by atoms with Gasteiger partial charge in [0, 0.05) is 67.9 Å². The number of aliphatic carboxylic acids is 1. The Hall–Kier alpha value is -7.29. The van der Waals surface area contributed by atoms with E-state index in [1.807, 2.05) is 30.3 Å². The van der Waals surface area contributed by atoms with Gasteiger partial charge in [-0.15, -0.1) is 0 Å². The number of carboxylic acids is 1. The molecule has 2 saturated heterocycles. The summed E-state index contributed by atoms with van der Waals surface area (Å²) in [5.41, 5.74) is 20.2. The summed E-state index contributed by atoms with van der Waals surface area (Å²) in [6.07, 6.45) is 6.77. The van der Waals surface area contributed by atoms with E-state index in [0.717, 1.165) is 16.5 Å². The zero-order chi connectivity index (χ0) is 46.5. The highest BCUT2D eigenvalue weighted by atomic mass is 16.4. The van der Waals surface area contributed by atoms with Gasteiger partial charge >= 0.3 is 5.97 Å². The second-order valence-electron chi connectivity index (χ2n) is 16.3. The van der Waals surface area contributed by atoms with Crippen LogP contribution in [0.1, 0.15) is 55.3 Å². The van der Waals surface area contributed by atoms with E-state index in [4.69, 9.17) is 17.2 Å². The van der Waals surface area contributed by atoms with Crippen LogP contribution in [0.5, 0.6) is 0 Å². The zero-order valence-corrected chi connectivity index (χ0v) is 35.9. The number of carbonyl (C=O) groups excluding carboxylic acids is 6. The number of rotatable bonds is 21. The quantitative estimate of drug-likeness (QED) is 0.0272. The first-order chi connectivity index (χ1) is 31.3. The number of nitrogens with two attached hydrogens (primary N) is 3. The van der Waals surface area contributed by atoms with Crippen molar-refractivity contribution in [3.63, 3.8) is 0 Å². The van der Waals surface area contributed by atoms with Crippen LogP contribution >= 0.6 is 0 Å². The molecule has 21 nitrogen and oxygen atoms in total. The maximum Gasteiger partial charge on any atom is 0.326 e. The van der Waals surface area contributed by atoms with Crippen LogP contribution in [0.4, 0.5) is 0 Å². The Bertz CT molecular complexity index is 2330. The second kappa shape index (κ2) is 22.4. The number of fused-ring (bicyclic) bond motifs is 1. The molecule has 21 heteroatoms. The third-order valence-corrected chi connectivity index (χ3v) is 11.6. The van der Waals surface area contributed by atoms with Crippen LogP contribution in [-0.2, 0) is 52.8 Å². The standard InChI is InChI=1S/C44H57N13O8/c45-30(21-28-23-48-25-52-28)38(59)54-33(19-26-9-2-1-3-10-26)40(61)53-32(13-6-16-49-44(46)47)39(60)55-34(20-27-22-50-31-12-5-4-11-29(27)31)42(63)57-18-7-14-35(57)41(62)51-24-37(58)56-17-8-15-36(56)43(64)65/h1-5,9-12,22-23,25,30,32-36,50H,6-8,13-21,24,45H2,(H,48,52)(H,51,62)(H,53,61)(H,54,59)(H,55,60)(H,64,65)(H4,46,47,49)/t30-,32-,33-,34-,35-,36-/m0/s1. The first-order valence-corrected chi connectivity index (χ1v) is 21.7. The van der Waals surface area contributed by atoms with Crippen LogP contribution in [0.2, 0.25) is 0 Å². The SMILES string of the molecule is NC(N)=NCCC[C@H](NC(=O)[C@H](Cc1ccccc1)NC(=O)[C@@H](N)Cc1cnc[nH]1)C(=O)N[C@@H](Cc1c[nH]c2ccccc12)C(=O)N1CCC[C@H]1C(=O)NCC(=O)N1CCC[C@H]1C(=O)O. The number of para-hydroxylation sites is 1. The van der Waals surface area contributed by atoms with Gasteiger partial charge < -0.3 is 63.3 Å². The minimum absolute atomic E-state index is 0.000967. The number of carboxylic acid groups (broad SMARTS) is 1. The number of aromatic amines is 2. The van der Waals surface area contributed by atoms with Gasteiger partial charge in [0.05, 0.1) is 18.9 Å². The first kappa shape index (κ1) is 47.2. The second-order valence-corrected chi connectivity index (χ2v) is 16.3. The molecule has 13 N–H and O–H groups in total. The molecular formula is C44H57N13O8. The first-order valence-electron chi connectivity index (χ1n) is 21.7. The van der Waals surface area contributed by atoms with E-state index in [1.54, 1.807) is 36.7 Å². The summed E-state index contributed by atoms with van der Waals surface area (Å²) in [7, 11) is 0. The Morgan fingerprint density at radius 1 is 0.800 bits per heavy atom. The molecule has 0 spiro atoms. The summed E-state index contributed by atoms with van der Waals surface area (Å²) in [5.74, 6) is -4.99. The highest BCUT2D eigenvalue weighted by Gasteiger charge is 2.40. The fourth-order valence-electron chi connectivity index (χ4n) is 8.31. The number of hydrogen-bond acceptors (Lipinski definition) is 10. The van der Waals surface area contributed by atoms with E-state index in [1.165, 1.54) is 16.1 Å². The lowest BCUT2D eigenvalue weighted by Gasteiger charge is -2.30. The number of H-pyrrole nitrogens is 2. The molecule has 4 heterocycles. The van der Waals surface area contributed by atoms with Crippen molar-refractivity contribution in [1.29, 1.82) is 0 Å². The number of amides is 6. The van der Waals surface area contributed by atoms with E-state index in [2.05, 4.69) is 41.2 Å². The Labute approximate surface area is 374 Å². The number of nitrogens with zero attached hydrogens (tertiary/aromatic N) is 4. The van der Waals surface area contributed by atoms with Crippen LogP contribution in [0.15, 0.2) is 78.3 Å². The highest BCUT2D eigenvalue weighted by Crippen LogP contribution is 2.24. The van der Waals surface area contributed by atoms with Gasteiger partial charge in [0.15, 0.2) is 5.96 Å². The summed E-state index contributed by atoms with van der Waals surface area (Å²) in [4.78, 5) is 112. The largest absolute Gasteiger partial charge is 0.480 e. The molecule has 346 valence electrons. The minimum Gasteiger partial charge on any atom is -0.480 e. The predicted octanol–water partition coefficient (Wildman–Crippen LogP) is -1.06. The molecule has 6 amide bonds. The average molecular weight is 896 g/mol. The maximum absolute atomic E-state index is 14.7. The van der Waals surface area contributed by atoms with Crippen LogP contribution in [0, 0.1) is 0 Å². The lowest BCUT2D eigenvalue weighted by Crippen LogP contribution is -2.59. The van der Waals surface area contributed by atoms with Crippen molar-refractivity contribution in [2.75, 3.05) is 26.2 Å². The molecule has 65 heavy (non-hydrogen) atoms. The molecule has 0 aliphatic carbocycles. The maximum atomic E-state index is 14.7. The minimum atomic E-state index is -1.26. The lowest BCUT2D eigenvalue weighted by atomic mass is 10.0. The number of hydrogen-bond donors (Lipinski definition) is 10. The van der Waals surface area contributed by atoms with Gasteiger partial charge in [-0.1, -0.05) is 48.5 Å². The monoisotopic (exact) mass is 895 g/mol. The Morgan fingerprint density at radius 2 is 1.48 bits per heavy atom. The molecule has 2 aliphatic heterocycles. The van der Waals surface area contributed by atoms with Gasteiger partial charge in [-0.2, -0.15) is 0 Å². The van der Waals surface area contributed by atoms with Gasteiger partial charge in [-0.25, -0.2) is 9.78 Å². The fraction of sp³-hybridized carbons (Fsp3) is 0.432. The van der Waals surface area contributed by atoms with Gasteiger partial charge in [0.1, 0.15) is 30.2 Å². The number of benzene rings is 2. The molecular weight excluding hydrogens is 839 g/mol. The van der Waals surface area contributed by atoms with Crippen LogP contribution in [0.3, 0.4) is 0 Å². The Kier molecular flexibility index (Phi) is 16.2. The highest BCUT2D eigenvalue weighted by molar-refractivity contribution is 5.97. The molecule has 2 fully saturated rings. The van der Waals surface area contributed by atoms with E-state index >= 15 is 0 Å². The number of imidazole rings is 1. The number of guanidine groups is 1. The number of aliphatic imine (C=N–C) groups is 1. The van der Waals surface area contributed by atoms with Crippen molar-refractivity contribution in [3.05, 3.63) is 90.1 Å². The van der Waals surface area contributed by atoms with Crippen LogP contribution in [0.25, 0.3) is 10.9 Å². The number of aromatic nitrogens is 3. The molecule has 6 atom stereocenters. The molecule has 0 unspecified atom stereocenters. The molecule has 6 rings (SSSR count). The summed E-state index contributed by atoms with van der Waals surface area (Å²) in [6.45, 7) is 0.113. The lowest BCUT2D eigenvalue weighted by molar-refractivity contribution is -0.148. The number of nitrogens with one attached hydrogen (secondary N) is 6. The summed E-state index contributed by atoms with van der Waals surface area (Å²) < 4.78 is 0. The molecule has 2 aromatic carbocycles. The molecule has 0 radical (unpaired) electrons. The number of likely N-dealkylation sites (tertiary alicyclic amines) is 2. The Morgan fingerprint density at radius 3 is 2.20 bits per heavy atom.